The number of nitrogens with zero attached hydrogens (tertiary/aromatic N) is 1. The zero-order chi connectivity index (χ0) is 13.5. The van der Waals surface area contributed by atoms with Crippen molar-refractivity contribution < 1.29 is 9.53 Å². The van der Waals surface area contributed by atoms with Gasteiger partial charge in [-0.3, -0.25) is 4.79 Å². The third-order valence-corrected chi connectivity index (χ3v) is 3.52. The van der Waals surface area contributed by atoms with Crippen LogP contribution >= 0.6 is 0 Å². The summed E-state index contributed by atoms with van der Waals surface area (Å²) in [4.78, 5) is 12.1. The van der Waals surface area contributed by atoms with Crippen molar-refractivity contribution in [1.29, 1.82) is 0 Å². The van der Waals surface area contributed by atoms with Gasteiger partial charge in [-0.25, -0.2) is 0 Å². The first-order chi connectivity index (χ1) is 9.31. The van der Waals surface area contributed by atoms with Crippen molar-refractivity contribution in [3.63, 3.8) is 0 Å². The van der Waals surface area contributed by atoms with Gasteiger partial charge in [-0.2, -0.15) is 0 Å². The van der Waals surface area contributed by atoms with E-state index in [-0.39, 0.29) is 5.91 Å². The molecule has 1 aliphatic heterocycles. The molecule has 1 unspecified atom stereocenters. The third-order valence-electron chi connectivity index (χ3n) is 3.52. The van der Waals surface area contributed by atoms with Crippen molar-refractivity contribution in [2.24, 2.45) is 0 Å². The van der Waals surface area contributed by atoms with E-state index in [1.165, 1.54) is 12.8 Å². The minimum atomic E-state index is -0.00604. The van der Waals surface area contributed by atoms with Crippen LogP contribution in [-0.2, 0) is 11.3 Å². The van der Waals surface area contributed by atoms with Gasteiger partial charge >= 0.3 is 0 Å². The van der Waals surface area contributed by atoms with Crippen LogP contribution in [0.4, 0.5) is 0 Å². The Bertz CT molecular complexity index is 397. The number of nitrogens with one attached hydrogen (secondary N) is 2. The molecule has 1 aliphatic rings. The summed E-state index contributed by atoms with van der Waals surface area (Å²) in [6.07, 6.45) is 5.54. The Morgan fingerprint density at radius 3 is 3.21 bits per heavy atom. The molecular weight excluding hydrogens is 242 g/mol. The fourth-order valence-corrected chi connectivity index (χ4v) is 2.41. The van der Waals surface area contributed by atoms with Gasteiger partial charge in [0.25, 0.3) is 5.91 Å². The van der Waals surface area contributed by atoms with Gasteiger partial charge in [0, 0.05) is 32.4 Å². The summed E-state index contributed by atoms with van der Waals surface area (Å²) in [6.45, 7) is 3.08. The van der Waals surface area contributed by atoms with Crippen LogP contribution in [0.25, 0.3) is 0 Å². The first kappa shape index (κ1) is 14.1. The Balaban J connectivity index is 1.83. The standard InChI is InChI=1S/C14H23N3O2/c1-19-10-9-17-8-4-6-13(17)14(18)16-11-12-5-2-3-7-15-12/h4,6,8,12,15H,2-3,5,7,9-11H2,1H3,(H,16,18). The molecule has 2 rings (SSSR count). The summed E-state index contributed by atoms with van der Waals surface area (Å²) in [7, 11) is 1.66. The van der Waals surface area contributed by atoms with Gasteiger partial charge < -0.3 is 19.9 Å². The summed E-state index contributed by atoms with van der Waals surface area (Å²) in [5, 5.41) is 6.44. The molecule has 106 valence electrons. The van der Waals surface area contributed by atoms with Crippen LogP contribution in [0.1, 0.15) is 29.8 Å². The predicted octanol–water partition coefficient (Wildman–Crippen LogP) is 1.01. The normalized spacial score (nSPS) is 19.3. The molecule has 1 amide bonds. The molecule has 1 aromatic rings. The molecule has 0 bridgehead atoms. The number of amides is 1. The Hall–Kier alpha value is -1.33. The molecule has 0 spiro atoms. The minimum Gasteiger partial charge on any atom is -0.383 e. The van der Waals surface area contributed by atoms with Crippen molar-refractivity contribution in [2.45, 2.75) is 31.8 Å². The van der Waals surface area contributed by atoms with E-state index < -0.39 is 0 Å². The molecule has 2 heterocycles. The van der Waals surface area contributed by atoms with E-state index in [2.05, 4.69) is 10.6 Å². The van der Waals surface area contributed by atoms with Gasteiger partial charge in [0.1, 0.15) is 5.69 Å². The van der Waals surface area contributed by atoms with Crippen LogP contribution < -0.4 is 10.6 Å². The highest BCUT2D eigenvalue weighted by Gasteiger charge is 2.15. The van der Waals surface area contributed by atoms with Crippen LogP contribution in [0.3, 0.4) is 0 Å². The quantitative estimate of drug-likeness (QED) is 0.807. The lowest BCUT2D eigenvalue weighted by atomic mass is 10.1. The highest BCUT2D eigenvalue weighted by Crippen LogP contribution is 2.07. The molecular formula is C14H23N3O2. The molecule has 1 aromatic heterocycles. The summed E-state index contributed by atoms with van der Waals surface area (Å²) in [5.41, 5.74) is 0.702. The lowest BCUT2D eigenvalue weighted by molar-refractivity contribution is 0.0935. The number of piperidine rings is 1. The van der Waals surface area contributed by atoms with E-state index in [4.69, 9.17) is 4.74 Å². The molecule has 0 radical (unpaired) electrons. The number of aromatic nitrogens is 1. The maximum Gasteiger partial charge on any atom is 0.267 e. The number of hydrogen-bond donors (Lipinski definition) is 2. The van der Waals surface area contributed by atoms with Crippen molar-refractivity contribution in [3.8, 4) is 0 Å². The average Bonchev–Trinajstić information content (AvgIpc) is 2.92. The van der Waals surface area contributed by atoms with Gasteiger partial charge in [0.2, 0.25) is 0 Å². The lowest BCUT2D eigenvalue weighted by Gasteiger charge is -2.23. The average molecular weight is 265 g/mol. The number of hydrogen-bond acceptors (Lipinski definition) is 3. The topological polar surface area (TPSA) is 55.3 Å². The van der Waals surface area contributed by atoms with Gasteiger partial charge in [0.05, 0.1) is 6.61 Å². The smallest absolute Gasteiger partial charge is 0.267 e. The van der Waals surface area contributed by atoms with E-state index in [0.717, 1.165) is 13.0 Å². The minimum absolute atomic E-state index is 0.00604. The van der Waals surface area contributed by atoms with Crippen LogP contribution in [0.15, 0.2) is 18.3 Å². The van der Waals surface area contributed by atoms with Gasteiger partial charge in [-0.15, -0.1) is 0 Å². The van der Waals surface area contributed by atoms with Gasteiger partial charge in [-0.05, 0) is 31.5 Å². The second-order valence-corrected chi connectivity index (χ2v) is 4.94. The first-order valence-electron chi connectivity index (χ1n) is 6.97. The number of carbonyl (C=O) groups excluding carboxylic acids is 1. The Kier molecular flexibility index (Phi) is 5.42. The van der Waals surface area contributed by atoms with Gasteiger partial charge in [0.15, 0.2) is 0 Å². The van der Waals surface area contributed by atoms with Gasteiger partial charge in [-0.1, -0.05) is 6.42 Å². The van der Waals surface area contributed by atoms with Crippen molar-refractivity contribution in [1.82, 2.24) is 15.2 Å². The van der Waals surface area contributed by atoms with Crippen molar-refractivity contribution in [3.05, 3.63) is 24.0 Å². The fraction of sp³-hybridized carbons (Fsp3) is 0.643. The molecule has 2 N–H and O–H groups in total. The second-order valence-electron chi connectivity index (χ2n) is 4.94. The molecule has 0 aromatic carbocycles. The molecule has 1 saturated heterocycles. The summed E-state index contributed by atoms with van der Waals surface area (Å²) in [5.74, 6) is -0.00604. The highest BCUT2D eigenvalue weighted by molar-refractivity contribution is 5.92. The number of ether oxygens (including phenoxy) is 1. The van der Waals surface area contributed by atoms with Crippen molar-refractivity contribution in [2.75, 3.05) is 26.8 Å². The molecule has 19 heavy (non-hydrogen) atoms. The van der Waals surface area contributed by atoms with Crippen LogP contribution in [0.5, 0.6) is 0 Å². The van der Waals surface area contributed by atoms with Crippen LogP contribution in [0.2, 0.25) is 0 Å². The summed E-state index contributed by atoms with van der Waals surface area (Å²) < 4.78 is 6.97. The summed E-state index contributed by atoms with van der Waals surface area (Å²) >= 11 is 0. The zero-order valence-corrected chi connectivity index (χ0v) is 11.5. The Morgan fingerprint density at radius 1 is 1.58 bits per heavy atom. The zero-order valence-electron chi connectivity index (χ0n) is 11.5. The largest absolute Gasteiger partial charge is 0.383 e. The van der Waals surface area contributed by atoms with E-state index in [9.17, 15) is 4.79 Å². The SMILES string of the molecule is COCCn1cccc1C(=O)NCC1CCCCN1. The lowest BCUT2D eigenvalue weighted by Crippen LogP contribution is -2.43. The van der Waals surface area contributed by atoms with E-state index >= 15 is 0 Å². The molecule has 1 fully saturated rings. The maximum atomic E-state index is 12.1. The second kappa shape index (κ2) is 7.31. The van der Waals surface area contributed by atoms with E-state index in [0.29, 0.717) is 31.4 Å². The predicted molar refractivity (Wildman–Crippen MR) is 74.3 cm³/mol. The van der Waals surface area contributed by atoms with E-state index in [1.807, 2.05) is 22.9 Å². The molecule has 5 heteroatoms. The number of carbonyl (C=O) groups is 1. The number of rotatable bonds is 6. The number of methoxy groups -OCH3 is 1. The Labute approximate surface area is 114 Å². The molecule has 0 saturated carbocycles. The molecule has 0 aliphatic carbocycles. The van der Waals surface area contributed by atoms with E-state index in [1.54, 1.807) is 7.11 Å². The highest BCUT2D eigenvalue weighted by atomic mass is 16.5. The summed E-state index contributed by atoms with van der Waals surface area (Å²) in [6, 6.07) is 4.16. The van der Waals surface area contributed by atoms with Crippen LogP contribution in [-0.4, -0.2) is 43.3 Å². The first-order valence-corrected chi connectivity index (χ1v) is 6.97. The van der Waals surface area contributed by atoms with Crippen molar-refractivity contribution >= 4 is 5.91 Å². The molecule has 1 atom stereocenters. The molecule has 5 nitrogen and oxygen atoms in total. The maximum absolute atomic E-state index is 12.1. The fourth-order valence-electron chi connectivity index (χ4n) is 2.41. The third kappa shape index (κ3) is 4.08. The monoisotopic (exact) mass is 265 g/mol. The van der Waals surface area contributed by atoms with Crippen LogP contribution in [0, 0.1) is 0 Å². The Morgan fingerprint density at radius 2 is 2.47 bits per heavy atom.